The average Bonchev–Trinajstić information content (AvgIpc) is 2.69. The van der Waals surface area contributed by atoms with Crippen molar-refractivity contribution in [1.29, 1.82) is 0 Å². The van der Waals surface area contributed by atoms with Crippen LogP contribution in [0.4, 0.5) is 0 Å². The maximum Gasteiger partial charge on any atom is 0.159 e. The molecule has 1 fully saturated rings. The zero-order valence-corrected chi connectivity index (χ0v) is 16.4. The van der Waals surface area contributed by atoms with Gasteiger partial charge in [-0.2, -0.15) is 0 Å². The molecule has 1 atom stereocenters. The van der Waals surface area contributed by atoms with E-state index in [0.29, 0.717) is 0 Å². The SMILES string of the molecule is CC(=O)c1cccc(CN2CCCC(CO)(CCCc3ccccc3)C2)c1. The van der Waals surface area contributed by atoms with Crippen molar-refractivity contribution in [3.8, 4) is 0 Å². The molecule has 0 amide bonds. The van der Waals surface area contributed by atoms with Gasteiger partial charge >= 0.3 is 0 Å². The molecule has 1 unspecified atom stereocenters. The molecule has 0 aliphatic carbocycles. The standard InChI is InChI=1S/C24H31NO2/c1-20(27)23-12-5-10-22(16-23)17-25-15-7-14-24(18-25,19-26)13-6-11-21-8-3-2-4-9-21/h2-5,8-10,12,16,26H,6-7,11,13-15,17-19H2,1H3. The zero-order chi connectivity index (χ0) is 19.1. The molecule has 1 saturated heterocycles. The van der Waals surface area contributed by atoms with Crippen LogP contribution in [0.1, 0.15) is 54.1 Å². The molecule has 0 saturated carbocycles. The summed E-state index contributed by atoms with van der Waals surface area (Å²) in [6.07, 6.45) is 5.46. The minimum Gasteiger partial charge on any atom is -0.396 e. The number of benzene rings is 2. The van der Waals surface area contributed by atoms with Crippen LogP contribution in [0.5, 0.6) is 0 Å². The molecule has 2 aromatic rings. The number of hydrogen-bond acceptors (Lipinski definition) is 3. The Morgan fingerprint density at radius 1 is 1.11 bits per heavy atom. The minimum atomic E-state index is 0.00518. The summed E-state index contributed by atoms with van der Waals surface area (Å²) in [5, 5.41) is 10.2. The number of rotatable bonds is 8. The third kappa shape index (κ3) is 5.50. The largest absolute Gasteiger partial charge is 0.396 e. The monoisotopic (exact) mass is 365 g/mol. The number of likely N-dealkylation sites (tertiary alicyclic amines) is 1. The van der Waals surface area contributed by atoms with Crippen LogP contribution in [0, 0.1) is 5.41 Å². The number of aryl methyl sites for hydroxylation is 1. The molecule has 3 rings (SSSR count). The van der Waals surface area contributed by atoms with Crippen molar-refractivity contribution in [3.05, 3.63) is 71.3 Å². The molecule has 3 heteroatoms. The maximum atomic E-state index is 11.6. The van der Waals surface area contributed by atoms with Crippen LogP contribution in [-0.2, 0) is 13.0 Å². The van der Waals surface area contributed by atoms with Gasteiger partial charge in [0.25, 0.3) is 0 Å². The topological polar surface area (TPSA) is 40.5 Å². The van der Waals surface area contributed by atoms with E-state index >= 15 is 0 Å². The summed E-state index contributed by atoms with van der Waals surface area (Å²) in [5.41, 5.74) is 3.34. The van der Waals surface area contributed by atoms with E-state index in [1.807, 2.05) is 18.2 Å². The first-order valence-electron chi connectivity index (χ1n) is 10.1. The lowest BCUT2D eigenvalue weighted by Gasteiger charge is -2.42. The lowest BCUT2D eigenvalue weighted by molar-refractivity contribution is 0.0208. The number of hydrogen-bond donors (Lipinski definition) is 1. The van der Waals surface area contributed by atoms with Crippen molar-refractivity contribution >= 4 is 5.78 Å². The lowest BCUT2D eigenvalue weighted by atomic mass is 9.76. The fourth-order valence-corrected chi connectivity index (χ4v) is 4.32. The Kier molecular flexibility index (Phi) is 6.81. The van der Waals surface area contributed by atoms with Gasteiger partial charge in [0.15, 0.2) is 5.78 Å². The third-order valence-electron chi connectivity index (χ3n) is 5.83. The number of piperidine rings is 1. The van der Waals surface area contributed by atoms with Gasteiger partial charge in [-0.1, -0.05) is 48.5 Å². The van der Waals surface area contributed by atoms with Crippen molar-refractivity contribution in [2.24, 2.45) is 5.41 Å². The van der Waals surface area contributed by atoms with Gasteiger partial charge in [-0.3, -0.25) is 9.69 Å². The number of ketones is 1. The predicted octanol–water partition coefficient (Wildman–Crippen LogP) is 4.49. The molecule has 27 heavy (non-hydrogen) atoms. The Bertz CT molecular complexity index is 743. The number of carbonyl (C=O) groups excluding carboxylic acids is 1. The van der Waals surface area contributed by atoms with Crippen molar-refractivity contribution in [3.63, 3.8) is 0 Å². The number of carbonyl (C=O) groups is 1. The highest BCUT2D eigenvalue weighted by atomic mass is 16.3. The summed E-state index contributed by atoms with van der Waals surface area (Å²) < 4.78 is 0. The van der Waals surface area contributed by atoms with E-state index in [4.69, 9.17) is 0 Å². The molecule has 1 aliphatic heterocycles. The molecule has 0 spiro atoms. The minimum absolute atomic E-state index is 0.00518. The van der Waals surface area contributed by atoms with E-state index in [0.717, 1.165) is 57.3 Å². The number of aliphatic hydroxyl groups is 1. The molecule has 0 bridgehead atoms. The second-order valence-corrected chi connectivity index (χ2v) is 8.07. The van der Waals surface area contributed by atoms with Crippen LogP contribution >= 0.6 is 0 Å². The highest BCUT2D eigenvalue weighted by Gasteiger charge is 2.34. The first kappa shape index (κ1) is 19.8. The van der Waals surface area contributed by atoms with Crippen LogP contribution in [0.2, 0.25) is 0 Å². The van der Waals surface area contributed by atoms with E-state index < -0.39 is 0 Å². The van der Waals surface area contributed by atoms with Crippen molar-refractivity contribution in [2.75, 3.05) is 19.7 Å². The normalized spacial score (nSPS) is 20.5. The molecule has 0 radical (unpaired) electrons. The molecular formula is C24H31NO2. The number of aliphatic hydroxyl groups excluding tert-OH is 1. The van der Waals surface area contributed by atoms with Gasteiger partial charge in [-0.05, 0) is 62.8 Å². The highest BCUT2D eigenvalue weighted by Crippen LogP contribution is 2.35. The molecule has 3 nitrogen and oxygen atoms in total. The average molecular weight is 366 g/mol. The summed E-state index contributed by atoms with van der Waals surface area (Å²) >= 11 is 0. The van der Waals surface area contributed by atoms with Crippen LogP contribution < -0.4 is 0 Å². The second-order valence-electron chi connectivity index (χ2n) is 8.07. The van der Waals surface area contributed by atoms with E-state index in [9.17, 15) is 9.90 Å². The maximum absolute atomic E-state index is 11.6. The summed E-state index contributed by atoms with van der Waals surface area (Å²) in [6.45, 7) is 4.71. The van der Waals surface area contributed by atoms with E-state index in [1.165, 1.54) is 11.1 Å². The summed E-state index contributed by atoms with van der Waals surface area (Å²) in [7, 11) is 0. The fraction of sp³-hybridized carbons (Fsp3) is 0.458. The van der Waals surface area contributed by atoms with Crippen molar-refractivity contribution < 1.29 is 9.90 Å². The van der Waals surface area contributed by atoms with Gasteiger partial charge in [0, 0.05) is 30.7 Å². The van der Waals surface area contributed by atoms with Gasteiger partial charge in [-0.15, -0.1) is 0 Å². The van der Waals surface area contributed by atoms with Crippen LogP contribution in [-0.4, -0.2) is 35.5 Å². The second kappa shape index (κ2) is 9.29. The van der Waals surface area contributed by atoms with Gasteiger partial charge in [0.2, 0.25) is 0 Å². The van der Waals surface area contributed by atoms with Gasteiger partial charge < -0.3 is 5.11 Å². The first-order chi connectivity index (χ1) is 13.1. The van der Waals surface area contributed by atoms with Gasteiger partial charge in [0.05, 0.1) is 0 Å². The van der Waals surface area contributed by atoms with Crippen molar-refractivity contribution in [2.45, 2.75) is 45.6 Å². The Balaban J connectivity index is 1.59. The lowest BCUT2D eigenvalue weighted by Crippen LogP contribution is -2.45. The predicted molar refractivity (Wildman–Crippen MR) is 110 cm³/mol. The molecule has 144 valence electrons. The third-order valence-corrected chi connectivity index (χ3v) is 5.83. The molecular weight excluding hydrogens is 334 g/mol. The number of nitrogens with zero attached hydrogens (tertiary/aromatic N) is 1. The molecule has 0 aromatic heterocycles. The van der Waals surface area contributed by atoms with Gasteiger partial charge in [-0.25, -0.2) is 0 Å². The van der Waals surface area contributed by atoms with Crippen molar-refractivity contribution in [1.82, 2.24) is 4.90 Å². The smallest absolute Gasteiger partial charge is 0.159 e. The number of Topliss-reactive ketones (excluding diaryl/α,β-unsaturated/α-hetero) is 1. The molecule has 1 aliphatic rings. The first-order valence-corrected chi connectivity index (χ1v) is 10.1. The Morgan fingerprint density at radius 3 is 2.63 bits per heavy atom. The summed E-state index contributed by atoms with van der Waals surface area (Å²) in [5.74, 6) is 0.112. The zero-order valence-electron chi connectivity index (χ0n) is 16.4. The van der Waals surface area contributed by atoms with Crippen LogP contribution in [0.15, 0.2) is 54.6 Å². The summed E-state index contributed by atoms with van der Waals surface area (Å²) in [4.78, 5) is 14.1. The van der Waals surface area contributed by atoms with E-state index in [2.05, 4.69) is 41.3 Å². The van der Waals surface area contributed by atoms with Crippen LogP contribution in [0.25, 0.3) is 0 Å². The molecule has 2 aromatic carbocycles. The quantitative estimate of drug-likeness (QED) is 0.701. The Labute approximate surface area is 163 Å². The highest BCUT2D eigenvalue weighted by molar-refractivity contribution is 5.94. The molecule has 1 N–H and O–H groups in total. The van der Waals surface area contributed by atoms with Gasteiger partial charge in [0.1, 0.15) is 0 Å². The van der Waals surface area contributed by atoms with Crippen LogP contribution in [0.3, 0.4) is 0 Å². The molecule has 1 heterocycles. The van der Waals surface area contributed by atoms with E-state index in [-0.39, 0.29) is 17.8 Å². The Morgan fingerprint density at radius 2 is 1.89 bits per heavy atom. The Hall–Kier alpha value is -1.97. The van der Waals surface area contributed by atoms with E-state index in [1.54, 1.807) is 6.92 Å². The fourth-order valence-electron chi connectivity index (χ4n) is 4.32. The summed E-state index contributed by atoms with van der Waals surface area (Å²) in [6, 6.07) is 18.5.